The van der Waals surface area contributed by atoms with Crippen molar-refractivity contribution in [1.82, 2.24) is 35.7 Å². The standard InChI is InChI=1S/C15H18B3N7O2/c1-25-22-12(21-24-25)13(26)19-10-5-3-7-6-8(2-4-9(7)10)11-20-14(27-23-11)15(16,17)18/h2,4,6,10H,3,5,16-18H2,1H3,(H,19,26)/t10-/m1/s1. The van der Waals surface area contributed by atoms with E-state index in [9.17, 15) is 4.79 Å². The van der Waals surface area contributed by atoms with E-state index in [-0.39, 0.29) is 22.9 Å². The molecule has 0 unspecified atom stereocenters. The van der Waals surface area contributed by atoms with Crippen molar-refractivity contribution in [3.63, 3.8) is 0 Å². The van der Waals surface area contributed by atoms with Crippen LogP contribution in [0, 0.1) is 0 Å². The monoisotopic (exact) mass is 361 g/mol. The number of aryl methyl sites for hydroxylation is 2. The number of tetrazole rings is 1. The van der Waals surface area contributed by atoms with E-state index in [4.69, 9.17) is 4.52 Å². The van der Waals surface area contributed by atoms with E-state index in [0.29, 0.717) is 11.7 Å². The summed E-state index contributed by atoms with van der Waals surface area (Å²) < 4.78 is 5.39. The number of nitrogens with one attached hydrogen (secondary N) is 1. The number of carbonyl (C=O) groups excluding carboxylic acids is 1. The van der Waals surface area contributed by atoms with E-state index < -0.39 is 0 Å². The minimum absolute atomic E-state index is 0.0687. The summed E-state index contributed by atoms with van der Waals surface area (Å²) in [5, 5.41) is 18.3. The molecule has 1 atom stereocenters. The van der Waals surface area contributed by atoms with Crippen molar-refractivity contribution < 1.29 is 9.32 Å². The molecule has 1 aliphatic carbocycles. The molecule has 4 rings (SSSR count). The molecule has 0 bridgehead atoms. The van der Waals surface area contributed by atoms with Gasteiger partial charge in [0.05, 0.1) is 13.1 Å². The Balaban J connectivity index is 1.54. The molecule has 2 heterocycles. The summed E-state index contributed by atoms with van der Waals surface area (Å²) in [5.41, 5.74) is 3.18. The van der Waals surface area contributed by atoms with E-state index >= 15 is 0 Å². The molecule has 1 aliphatic rings. The van der Waals surface area contributed by atoms with Crippen LogP contribution in [0.5, 0.6) is 0 Å². The Hall–Kier alpha value is -2.91. The van der Waals surface area contributed by atoms with Gasteiger partial charge in [-0.2, -0.15) is 9.78 Å². The topological polar surface area (TPSA) is 112 Å². The highest BCUT2D eigenvalue weighted by Crippen LogP contribution is 2.34. The number of benzene rings is 1. The number of hydrogen-bond donors (Lipinski definition) is 1. The zero-order valence-electron chi connectivity index (χ0n) is 15.7. The number of carbonyl (C=O) groups is 1. The molecule has 0 radical (unpaired) electrons. The van der Waals surface area contributed by atoms with Gasteiger partial charge in [-0.1, -0.05) is 17.3 Å². The quantitative estimate of drug-likeness (QED) is 0.520. The number of fused-ring (bicyclic) bond motifs is 1. The van der Waals surface area contributed by atoms with Gasteiger partial charge >= 0.3 is 0 Å². The van der Waals surface area contributed by atoms with Gasteiger partial charge in [-0.05, 0) is 40.4 Å². The van der Waals surface area contributed by atoms with Crippen LogP contribution in [0.2, 0.25) is 0 Å². The number of aromatic nitrogens is 6. The molecule has 0 spiro atoms. The van der Waals surface area contributed by atoms with E-state index in [1.165, 1.54) is 10.4 Å². The summed E-state index contributed by atoms with van der Waals surface area (Å²) >= 11 is 0. The van der Waals surface area contributed by atoms with Gasteiger partial charge in [0, 0.05) is 5.56 Å². The van der Waals surface area contributed by atoms with E-state index in [0.717, 1.165) is 24.0 Å². The zero-order valence-corrected chi connectivity index (χ0v) is 15.7. The minimum atomic E-state index is -0.321. The van der Waals surface area contributed by atoms with Crippen LogP contribution in [-0.2, 0) is 18.6 Å². The van der Waals surface area contributed by atoms with Gasteiger partial charge in [0.2, 0.25) is 11.7 Å². The molecule has 0 aliphatic heterocycles. The van der Waals surface area contributed by atoms with Gasteiger partial charge in [0.25, 0.3) is 11.7 Å². The molecule has 0 saturated carbocycles. The summed E-state index contributed by atoms with van der Waals surface area (Å²) in [6, 6.07) is 5.97. The van der Waals surface area contributed by atoms with E-state index in [2.05, 4.69) is 36.9 Å². The smallest absolute Gasteiger partial charge is 0.293 e. The Morgan fingerprint density at radius 2 is 2.19 bits per heavy atom. The predicted octanol–water partition coefficient (Wildman–Crippen LogP) is -2.31. The first-order valence-corrected chi connectivity index (χ1v) is 8.83. The van der Waals surface area contributed by atoms with Crippen LogP contribution >= 0.6 is 0 Å². The SMILES string of the molecule is BC(B)(B)c1nc(-c2ccc3c(c2)CC[C@H]3NC(=O)c2nnn(C)n2)no1. The predicted molar refractivity (Wildman–Crippen MR) is 104 cm³/mol. The third kappa shape index (κ3) is 3.39. The second-order valence-corrected chi connectivity index (χ2v) is 7.75. The van der Waals surface area contributed by atoms with Crippen molar-refractivity contribution in [3.05, 3.63) is 41.0 Å². The van der Waals surface area contributed by atoms with Crippen LogP contribution in [0.15, 0.2) is 22.7 Å². The van der Waals surface area contributed by atoms with Crippen LogP contribution < -0.4 is 5.32 Å². The highest BCUT2D eigenvalue weighted by molar-refractivity contribution is 6.58. The molecular formula is C15H18B3N7O2. The van der Waals surface area contributed by atoms with Gasteiger partial charge in [-0.15, -0.1) is 10.2 Å². The van der Waals surface area contributed by atoms with Crippen LogP contribution in [0.3, 0.4) is 0 Å². The molecule has 27 heavy (non-hydrogen) atoms. The Labute approximate surface area is 158 Å². The first-order chi connectivity index (χ1) is 12.8. The van der Waals surface area contributed by atoms with Gasteiger partial charge in [0.1, 0.15) is 23.5 Å². The number of nitrogens with zero attached hydrogens (tertiary/aromatic N) is 6. The second kappa shape index (κ2) is 6.36. The lowest BCUT2D eigenvalue weighted by Gasteiger charge is -2.13. The van der Waals surface area contributed by atoms with Gasteiger partial charge in [0.15, 0.2) is 0 Å². The van der Waals surface area contributed by atoms with Crippen molar-refractivity contribution in [2.45, 2.75) is 24.0 Å². The molecule has 134 valence electrons. The number of rotatable bonds is 4. The zero-order chi connectivity index (χ0) is 19.2. The van der Waals surface area contributed by atoms with Crippen molar-refractivity contribution in [3.8, 4) is 11.4 Å². The third-order valence-corrected chi connectivity index (χ3v) is 4.56. The summed E-state index contributed by atoms with van der Waals surface area (Å²) in [7, 11) is 7.73. The first-order valence-electron chi connectivity index (χ1n) is 8.83. The first kappa shape index (κ1) is 17.5. The maximum absolute atomic E-state index is 12.3. The van der Waals surface area contributed by atoms with Gasteiger partial charge in [-0.3, -0.25) is 4.79 Å². The lowest BCUT2D eigenvalue weighted by atomic mass is 9.42. The van der Waals surface area contributed by atoms with Crippen LogP contribution in [0.25, 0.3) is 11.4 Å². The maximum Gasteiger partial charge on any atom is 0.293 e. The largest absolute Gasteiger partial charge is 0.342 e. The average molecular weight is 361 g/mol. The molecule has 1 aromatic carbocycles. The lowest BCUT2D eigenvalue weighted by Crippen LogP contribution is -2.28. The minimum Gasteiger partial charge on any atom is -0.342 e. The van der Waals surface area contributed by atoms with Gasteiger partial charge in [-0.25, -0.2) is 0 Å². The van der Waals surface area contributed by atoms with Crippen molar-refractivity contribution >= 4 is 29.4 Å². The molecule has 3 aromatic rings. The summed E-state index contributed by atoms with van der Waals surface area (Å²) in [5.74, 6) is 0.945. The highest BCUT2D eigenvalue weighted by atomic mass is 16.5. The normalized spacial score (nSPS) is 16.3. The Kier molecular flexibility index (Phi) is 4.13. The number of hydrogen-bond acceptors (Lipinski definition) is 7. The second-order valence-electron chi connectivity index (χ2n) is 7.75. The number of amides is 1. The summed E-state index contributed by atoms with van der Waals surface area (Å²) in [6.45, 7) is 0. The molecule has 1 N–H and O–H groups in total. The molecule has 0 saturated heterocycles. The van der Waals surface area contributed by atoms with E-state index in [1.807, 2.05) is 35.7 Å². The van der Waals surface area contributed by atoms with Gasteiger partial charge < -0.3 is 9.84 Å². The lowest BCUT2D eigenvalue weighted by molar-refractivity contribution is 0.0926. The Morgan fingerprint density at radius 1 is 1.37 bits per heavy atom. The molecule has 9 nitrogen and oxygen atoms in total. The Morgan fingerprint density at radius 3 is 2.85 bits per heavy atom. The molecule has 0 fully saturated rings. The van der Waals surface area contributed by atoms with Crippen molar-refractivity contribution in [2.24, 2.45) is 7.05 Å². The fourth-order valence-corrected chi connectivity index (χ4v) is 3.15. The van der Waals surface area contributed by atoms with Crippen LogP contribution in [0.1, 0.15) is 40.1 Å². The summed E-state index contributed by atoms with van der Waals surface area (Å²) in [6.07, 6.45) is 1.69. The fraction of sp³-hybridized carbons (Fsp3) is 0.333. The van der Waals surface area contributed by atoms with Crippen molar-refractivity contribution in [2.75, 3.05) is 0 Å². The van der Waals surface area contributed by atoms with E-state index in [1.54, 1.807) is 7.05 Å². The fourth-order valence-electron chi connectivity index (χ4n) is 3.15. The summed E-state index contributed by atoms with van der Waals surface area (Å²) in [4.78, 5) is 18.1. The molecular weight excluding hydrogens is 343 g/mol. The maximum atomic E-state index is 12.3. The third-order valence-electron chi connectivity index (χ3n) is 4.56. The molecule has 2 aromatic heterocycles. The molecule has 1 amide bonds. The highest BCUT2D eigenvalue weighted by Gasteiger charge is 2.27. The molecule has 12 heteroatoms. The average Bonchev–Trinajstić information content (AvgIpc) is 3.33. The van der Waals surface area contributed by atoms with Crippen LogP contribution in [0.4, 0.5) is 0 Å². The van der Waals surface area contributed by atoms with Crippen molar-refractivity contribution in [1.29, 1.82) is 0 Å². The Bertz CT molecular complexity index is 1010. The van der Waals surface area contributed by atoms with Crippen LogP contribution in [-0.4, -0.2) is 59.8 Å².